The molecule has 3 rings (SSSR count). The quantitative estimate of drug-likeness (QED) is 0.794. The van der Waals surface area contributed by atoms with Crippen LogP contribution in [0.3, 0.4) is 0 Å². The molecule has 0 saturated carbocycles. The molecule has 25 heavy (non-hydrogen) atoms. The predicted octanol–water partition coefficient (Wildman–Crippen LogP) is 2.68. The second-order valence-corrected chi connectivity index (χ2v) is 7.93. The van der Waals surface area contributed by atoms with Crippen LogP contribution in [0.1, 0.15) is 34.8 Å². The van der Waals surface area contributed by atoms with Crippen molar-refractivity contribution in [3.63, 3.8) is 0 Å². The maximum atomic E-state index is 12.2. The van der Waals surface area contributed by atoms with Gasteiger partial charge in [0.15, 0.2) is 5.82 Å². The van der Waals surface area contributed by atoms with Crippen LogP contribution in [0, 0.1) is 0 Å². The highest BCUT2D eigenvalue weighted by molar-refractivity contribution is 9.10. The zero-order chi connectivity index (χ0) is 17.8. The summed E-state index contributed by atoms with van der Waals surface area (Å²) in [7, 11) is 3.81. The fourth-order valence-electron chi connectivity index (χ4n) is 2.59. The molecule has 0 atom stereocenters. The minimum atomic E-state index is -0.123. The molecule has 1 amide bonds. The van der Waals surface area contributed by atoms with Crippen LogP contribution < -0.4 is 15.1 Å². The summed E-state index contributed by atoms with van der Waals surface area (Å²) in [5, 5.41) is 4.77. The fourth-order valence-corrected chi connectivity index (χ4v) is 3.93. The van der Waals surface area contributed by atoms with Crippen molar-refractivity contribution in [1.82, 2.24) is 20.3 Å². The minimum absolute atomic E-state index is 0.123. The number of halogens is 1. The van der Waals surface area contributed by atoms with Crippen LogP contribution in [0.25, 0.3) is 0 Å². The van der Waals surface area contributed by atoms with Gasteiger partial charge in [0.1, 0.15) is 0 Å². The van der Waals surface area contributed by atoms with Crippen LogP contribution in [0.5, 0.6) is 0 Å². The molecule has 1 N–H and O–H groups in total. The Labute approximate surface area is 159 Å². The van der Waals surface area contributed by atoms with Crippen LogP contribution in [-0.2, 0) is 6.54 Å². The molecule has 0 aromatic carbocycles. The van der Waals surface area contributed by atoms with Crippen LogP contribution in [0.15, 0.2) is 15.9 Å². The molecule has 0 radical (unpaired) electrons. The van der Waals surface area contributed by atoms with Gasteiger partial charge < -0.3 is 15.1 Å². The molecule has 2 aromatic rings. The molecular weight excluding hydrogens is 404 g/mol. The number of carbonyl (C=O) groups is 1. The van der Waals surface area contributed by atoms with E-state index in [1.165, 1.54) is 17.8 Å². The summed E-state index contributed by atoms with van der Waals surface area (Å²) in [4.78, 5) is 30.5. The molecule has 0 aliphatic carbocycles. The number of nitrogens with one attached hydrogen (secondary N) is 1. The van der Waals surface area contributed by atoms with Gasteiger partial charge in [-0.05, 0) is 41.3 Å². The van der Waals surface area contributed by atoms with E-state index in [0.717, 1.165) is 30.4 Å². The van der Waals surface area contributed by atoms with Crippen molar-refractivity contribution in [1.29, 1.82) is 0 Å². The standard InChI is InChI=1S/C16H21BrN6OS/c1-22(2)15-19-13(9-18-14(24)12-8-11(17)10-25-12)20-16(21-15)23-6-4-3-5-7-23/h8,10H,3-7,9H2,1-2H3,(H,18,24). The van der Waals surface area contributed by atoms with Crippen molar-refractivity contribution in [3.05, 3.63) is 26.6 Å². The van der Waals surface area contributed by atoms with E-state index in [1.807, 2.05) is 24.4 Å². The Balaban J connectivity index is 1.75. The van der Waals surface area contributed by atoms with Crippen molar-refractivity contribution >= 4 is 45.1 Å². The Bertz CT molecular complexity index is 744. The number of carbonyl (C=O) groups excluding carboxylic acids is 1. The summed E-state index contributed by atoms with van der Waals surface area (Å²) in [5.74, 6) is 1.76. The number of piperidine rings is 1. The third kappa shape index (κ3) is 4.66. The van der Waals surface area contributed by atoms with E-state index < -0.39 is 0 Å². The van der Waals surface area contributed by atoms with E-state index in [9.17, 15) is 4.79 Å². The van der Waals surface area contributed by atoms with Gasteiger partial charge in [-0.25, -0.2) is 0 Å². The molecular formula is C16H21BrN6OS. The summed E-state index contributed by atoms with van der Waals surface area (Å²) in [5.41, 5.74) is 0. The Kier molecular flexibility index (Phi) is 5.85. The number of rotatable bonds is 5. The van der Waals surface area contributed by atoms with Gasteiger partial charge >= 0.3 is 0 Å². The molecule has 1 fully saturated rings. The van der Waals surface area contributed by atoms with E-state index in [1.54, 1.807) is 6.07 Å². The van der Waals surface area contributed by atoms with Gasteiger partial charge in [0.05, 0.1) is 11.4 Å². The highest BCUT2D eigenvalue weighted by Gasteiger charge is 2.17. The molecule has 0 spiro atoms. The van der Waals surface area contributed by atoms with Crippen molar-refractivity contribution in [2.75, 3.05) is 37.0 Å². The van der Waals surface area contributed by atoms with Crippen LogP contribution in [0.4, 0.5) is 11.9 Å². The molecule has 7 nitrogen and oxygen atoms in total. The maximum Gasteiger partial charge on any atom is 0.261 e. The van der Waals surface area contributed by atoms with Gasteiger partial charge in [0.2, 0.25) is 11.9 Å². The number of thiophene rings is 1. The third-order valence-electron chi connectivity index (χ3n) is 3.90. The first kappa shape index (κ1) is 18.1. The first-order chi connectivity index (χ1) is 12.0. The first-order valence-corrected chi connectivity index (χ1v) is 9.89. The largest absolute Gasteiger partial charge is 0.347 e. The highest BCUT2D eigenvalue weighted by Crippen LogP contribution is 2.20. The molecule has 1 aliphatic heterocycles. The lowest BCUT2D eigenvalue weighted by Crippen LogP contribution is -2.32. The lowest BCUT2D eigenvalue weighted by molar-refractivity contribution is 0.0954. The number of anilines is 2. The van der Waals surface area contributed by atoms with E-state index in [-0.39, 0.29) is 12.5 Å². The van der Waals surface area contributed by atoms with Crippen molar-refractivity contribution in [2.45, 2.75) is 25.8 Å². The summed E-state index contributed by atoms with van der Waals surface area (Å²) >= 11 is 4.76. The summed E-state index contributed by atoms with van der Waals surface area (Å²) in [6, 6.07) is 1.80. The van der Waals surface area contributed by atoms with Gasteiger partial charge in [0.25, 0.3) is 5.91 Å². The molecule has 9 heteroatoms. The van der Waals surface area contributed by atoms with E-state index in [0.29, 0.717) is 22.6 Å². The van der Waals surface area contributed by atoms with E-state index in [4.69, 9.17) is 0 Å². The molecule has 3 heterocycles. The summed E-state index contributed by atoms with van der Waals surface area (Å²) < 4.78 is 0.907. The van der Waals surface area contributed by atoms with Crippen LogP contribution >= 0.6 is 27.3 Å². The normalized spacial score (nSPS) is 14.4. The van der Waals surface area contributed by atoms with Gasteiger partial charge in [0, 0.05) is 37.0 Å². The second kappa shape index (κ2) is 8.09. The van der Waals surface area contributed by atoms with Crippen molar-refractivity contribution in [2.24, 2.45) is 0 Å². The van der Waals surface area contributed by atoms with E-state index in [2.05, 4.69) is 41.1 Å². The summed E-state index contributed by atoms with van der Waals surface area (Å²) in [6.45, 7) is 2.20. The number of hydrogen-bond acceptors (Lipinski definition) is 7. The smallest absolute Gasteiger partial charge is 0.261 e. The lowest BCUT2D eigenvalue weighted by atomic mass is 10.1. The van der Waals surface area contributed by atoms with Gasteiger partial charge in [-0.3, -0.25) is 4.79 Å². The van der Waals surface area contributed by atoms with Gasteiger partial charge in [-0.2, -0.15) is 15.0 Å². The Hall–Kier alpha value is -1.74. The Morgan fingerprint density at radius 3 is 2.68 bits per heavy atom. The molecule has 0 bridgehead atoms. The molecule has 1 aliphatic rings. The monoisotopic (exact) mass is 424 g/mol. The van der Waals surface area contributed by atoms with Crippen LogP contribution in [0.2, 0.25) is 0 Å². The van der Waals surface area contributed by atoms with Gasteiger partial charge in [-0.15, -0.1) is 11.3 Å². The third-order valence-corrected chi connectivity index (χ3v) is 5.59. The molecule has 0 unspecified atom stereocenters. The van der Waals surface area contributed by atoms with Crippen molar-refractivity contribution < 1.29 is 4.79 Å². The summed E-state index contributed by atoms with van der Waals surface area (Å²) in [6.07, 6.45) is 3.56. The van der Waals surface area contributed by atoms with Gasteiger partial charge in [-0.1, -0.05) is 0 Å². The SMILES string of the molecule is CN(C)c1nc(CNC(=O)c2cc(Br)cs2)nc(N2CCCCC2)n1. The average molecular weight is 425 g/mol. The van der Waals surface area contributed by atoms with E-state index >= 15 is 0 Å². The fraction of sp³-hybridized carbons (Fsp3) is 0.500. The Morgan fingerprint density at radius 2 is 2.04 bits per heavy atom. The second-order valence-electron chi connectivity index (χ2n) is 6.11. The number of aromatic nitrogens is 3. The predicted molar refractivity (Wildman–Crippen MR) is 103 cm³/mol. The Morgan fingerprint density at radius 1 is 1.28 bits per heavy atom. The van der Waals surface area contributed by atoms with Crippen molar-refractivity contribution in [3.8, 4) is 0 Å². The number of nitrogens with zero attached hydrogens (tertiary/aromatic N) is 5. The molecule has 2 aromatic heterocycles. The number of hydrogen-bond donors (Lipinski definition) is 1. The lowest BCUT2D eigenvalue weighted by Gasteiger charge is -2.27. The minimum Gasteiger partial charge on any atom is -0.347 e. The molecule has 134 valence electrons. The highest BCUT2D eigenvalue weighted by atomic mass is 79.9. The zero-order valence-electron chi connectivity index (χ0n) is 14.3. The number of amides is 1. The molecule has 1 saturated heterocycles. The van der Waals surface area contributed by atoms with Crippen LogP contribution in [-0.4, -0.2) is 48.0 Å². The first-order valence-electron chi connectivity index (χ1n) is 8.22. The average Bonchev–Trinajstić information content (AvgIpc) is 3.06. The maximum absolute atomic E-state index is 12.2. The topological polar surface area (TPSA) is 74.2 Å². The zero-order valence-corrected chi connectivity index (χ0v) is 16.7.